The van der Waals surface area contributed by atoms with Crippen LogP contribution < -0.4 is 4.74 Å². The van der Waals surface area contributed by atoms with Gasteiger partial charge in [-0.15, -0.1) is 0 Å². The van der Waals surface area contributed by atoms with E-state index in [0.717, 1.165) is 5.56 Å². The van der Waals surface area contributed by atoms with Gasteiger partial charge >= 0.3 is 0 Å². The maximum atomic E-state index is 9.90. The fourth-order valence-electron chi connectivity index (χ4n) is 1.87. The normalized spacial score (nSPS) is 17.4. The van der Waals surface area contributed by atoms with Crippen molar-refractivity contribution in [2.45, 2.75) is 10.1 Å². The average molecular weight is 318 g/mol. The number of benzene rings is 1. The smallest absolute Gasteiger partial charge is 0.250 e. The van der Waals surface area contributed by atoms with E-state index in [1.54, 1.807) is 12.1 Å². The molecule has 2 aromatic rings. The zero-order chi connectivity index (χ0) is 13.6. The summed E-state index contributed by atoms with van der Waals surface area (Å²) >= 11 is 17.3. The van der Waals surface area contributed by atoms with Crippen LogP contribution in [0, 0.1) is 0 Å². The fourth-order valence-corrected chi connectivity index (χ4v) is 2.15. The molecular formula is C12H7Cl3N2O2. The summed E-state index contributed by atoms with van der Waals surface area (Å²) in [5.41, 5.74) is 1.67. The third kappa shape index (κ3) is 2.25. The minimum Gasteiger partial charge on any atom is -0.460 e. The molecule has 1 aliphatic rings. The summed E-state index contributed by atoms with van der Waals surface area (Å²) < 4.78 is 3.65. The zero-order valence-electron chi connectivity index (χ0n) is 9.35. The van der Waals surface area contributed by atoms with Crippen LogP contribution in [0.5, 0.6) is 5.75 Å². The number of para-hydroxylation sites is 1. The van der Waals surface area contributed by atoms with Gasteiger partial charge in [0.25, 0.3) is 0 Å². The lowest BCUT2D eigenvalue weighted by Gasteiger charge is -2.24. The second kappa shape index (κ2) is 4.49. The van der Waals surface area contributed by atoms with Crippen LogP contribution in [0.4, 0.5) is 0 Å². The van der Waals surface area contributed by atoms with Gasteiger partial charge in [-0.3, -0.25) is 0 Å². The SMILES string of the molecule is OC1Oc2ccccc2-c2nc(C(Cl)(Cl)Cl)ncc21. The van der Waals surface area contributed by atoms with E-state index in [-0.39, 0.29) is 5.82 Å². The van der Waals surface area contributed by atoms with Gasteiger partial charge in [0.2, 0.25) is 10.1 Å². The number of ether oxygens (including phenoxy) is 1. The summed E-state index contributed by atoms with van der Waals surface area (Å²) in [7, 11) is 0. The minimum atomic E-state index is -1.72. The van der Waals surface area contributed by atoms with Gasteiger partial charge in [-0.2, -0.15) is 0 Å². The van der Waals surface area contributed by atoms with Crippen LogP contribution in [-0.4, -0.2) is 15.1 Å². The molecule has 1 N–H and O–H groups in total. The van der Waals surface area contributed by atoms with Gasteiger partial charge in [0, 0.05) is 11.8 Å². The number of alkyl halides is 3. The highest BCUT2D eigenvalue weighted by Crippen LogP contribution is 2.42. The van der Waals surface area contributed by atoms with E-state index in [1.807, 2.05) is 12.1 Å². The highest BCUT2D eigenvalue weighted by Gasteiger charge is 2.31. The summed E-state index contributed by atoms with van der Waals surface area (Å²) in [5.74, 6) is 0.580. The van der Waals surface area contributed by atoms with E-state index in [1.165, 1.54) is 6.20 Å². The Morgan fingerprint density at radius 1 is 1.21 bits per heavy atom. The highest BCUT2D eigenvalue weighted by atomic mass is 35.6. The molecular weight excluding hydrogens is 311 g/mol. The molecule has 2 heterocycles. The summed E-state index contributed by atoms with van der Waals surface area (Å²) in [6.45, 7) is 0. The molecule has 0 aliphatic carbocycles. The van der Waals surface area contributed by atoms with Crippen LogP contribution in [0.3, 0.4) is 0 Å². The fraction of sp³-hybridized carbons (Fsp3) is 0.167. The number of rotatable bonds is 0. The number of fused-ring (bicyclic) bond motifs is 3. The van der Waals surface area contributed by atoms with Gasteiger partial charge < -0.3 is 9.84 Å². The van der Waals surface area contributed by atoms with Crippen LogP contribution in [0.15, 0.2) is 30.5 Å². The standard InChI is InChI=1S/C12H7Cl3N2O2/c13-12(14,15)11-16-5-7-9(17-11)6-3-1-2-4-8(6)19-10(7)18/h1-5,10,18H. The van der Waals surface area contributed by atoms with Gasteiger partial charge in [-0.05, 0) is 12.1 Å². The van der Waals surface area contributed by atoms with Crippen LogP contribution in [0.25, 0.3) is 11.3 Å². The van der Waals surface area contributed by atoms with E-state index >= 15 is 0 Å². The van der Waals surface area contributed by atoms with Gasteiger partial charge in [-0.25, -0.2) is 9.97 Å². The summed E-state index contributed by atoms with van der Waals surface area (Å²) in [6.07, 6.45) is 0.273. The molecule has 1 aromatic carbocycles. The molecule has 1 unspecified atom stereocenters. The van der Waals surface area contributed by atoms with Crippen LogP contribution in [-0.2, 0) is 3.79 Å². The number of hydrogen-bond donors (Lipinski definition) is 1. The molecule has 3 rings (SSSR count). The third-order valence-corrected chi connectivity index (χ3v) is 3.22. The highest BCUT2D eigenvalue weighted by molar-refractivity contribution is 6.66. The summed E-state index contributed by atoms with van der Waals surface area (Å²) in [4.78, 5) is 8.17. The largest absolute Gasteiger partial charge is 0.460 e. The first-order valence-corrected chi connectivity index (χ1v) is 6.48. The zero-order valence-corrected chi connectivity index (χ0v) is 11.6. The van der Waals surface area contributed by atoms with E-state index in [9.17, 15) is 5.11 Å². The number of aliphatic hydroxyl groups is 1. The molecule has 0 spiro atoms. The number of hydrogen-bond acceptors (Lipinski definition) is 4. The Kier molecular flexibility index (Phi) is 3.06. The topological polar surface area (TPSA) is 55.2 Å². The van der Waals surface area contributed by atoms with E-state index < -0.39 is 10.1 Å². The molecule has 0 bridgehead atoms. The summed E-state index contributed by atoms with van der Waals surface area (Å²) in [5, 5.41) is 9.90. The Bertz CT molecular complexity index is 643. The van der Waals surface area contributed by atoms with Gasteiger partial charge in [-0.1, -0.05) is 46.9 Å². The van der Waals surface area contributed by atoms with Crippen molar-refractivity contribution in [1.29, 1.82) is 0 Å². The Hall–Kier alpha value is -1.07. The van der Waals surface area contributed by atoms with Crippen molar-refractivity contribution in [2.24, 2.45) is 0 Å². The molecule has 4 nitrogen and oxygen atoms in total. The average Bonchev–Trinajstić information content (AvgIpc) is 2.37. The van der Waals surface area contributed by atoms with Gasteiger partial charge in [0.1, 0.15) is 5.75 Å². The van der Waals surface area contributed by atoms with Crippen molar-refractivity contribution in [3.8, 4) is 17.0 Å². The lowest BCUT2D eigenvalue weighted by atomic mass is 10.0. The van der Waals surface area contributed by atoms with Crippen molar-refractivity contribution in [3.63, 3.8) is 0 Å². The molecule has 1 aromatic heterocycles. The molecule has 0 saturated heterocycles. The lowest BCUT2D eigenvalue weighted by Crippen LogP contribution is -2.17. The molecule has 0 amide bonds. The van der Waals surface area contributed by atoms with Crippen LogP contribution in [0.2, 0.25) is 0 Å². The molecule has 0 saturated carbocycles. The molecule has 98 valence electrons. The predicted molar refractivity (Wildman–Crippen MR) is 72.3 cm³/mol. The number of aromatic nitrogens is 2. The molecule has 0 radical (unpaired) electrons. The molecule has 1 aliphatic heterocycles. The van der Waals surface area contributed by atoms with Gasteiger partial charge in [0.15, 0.2) is 5.82 Å². The molecule has 7 heteroatoms. The van der Waals surface area contributed by atoms with Gasteiger partial charge in [0.05, 0.1) is 11.3 Å². The van der Waals surface area contributed by atoms with E-state index in [4.69, 9.17) is 39.5 Å². The lowest BCUT2D eigenvalue weighted by molar-refractivity contribution is -0.0219. The van der Waals surface area contributed by atoms with Crippen molar-refractivity contribution in [1.82, 2.24) is 9.97 Å². The Morgan fingerprint density at radius 3 is 2.68 bits per heavy atom. The number of halogens is 3. The minimum absolute atomic E-state index is 0.0557. The predicted octanol–water partition coefficient (Wildman–Crippen LogP) is 3.35. The van der Waals surface area contributed by atoms with Crippen molar-refractivity contribution in [3.05, 3.63) is 41.9 Å². The monoisotopic (exact) mass is 316 g/mol. The van der Waals surface area contributed by atoms with Crippen molar-refractivity contribution >= 4 is 34.8 Å². The van der Waals surface area contributed by atoms with E-state index in [2.05, 4.69) is 9.97 Å². The Labute approximate surface area is 123 Å². The maximum Gasteiger partial charge on any atom is 0.250 e. The third-order valence-electron chi connectivity index (χ3n) is 2.72. The van der Waals surface area contributed by atoms with E-state index in [0.29, 0.717) is 17.0 Å². The first-order valence-electron chi connectivity index (χ1n) is 5.35. The van der Waals surface area contributed by atoms with Crippen molar-refractivity contribution in [2.75, 3.05) is 0 Å². The first-order chi connectivity index (χ1) is 8.97. The Balaban J connectivity index is 2.23. The second-order valence-corrected chi connectivity index (χ2v) is 6.24. The van der Waals surface area contributed by atoms with Crippen LogP contribution >= 0.6 is 34.8 Å². The molecule has 0 fully saturated rings. The van der Waals surface area contributed by atoms with Crippen molar-refractivity contribution < 1.29 is 9.84 Å². The first kappa shape index (κ1) is 12.9. The Morgan fingerprint density at radius 2 is 1.95 bits per heavy atom. The quantitative estimate of drug-likeness (QED) is 0.757. The second-order valence-electron chi connectivity index (χ2n) is 3.96. The molecule has 1 atom stereocenters. The molecule has 19 heavy (non-hydrogen) atoms. The maximum absolute atomic E-state index is 9.90. The van der Waals surface area contributed by atoms with Crippen LogP contribution in [0.1, 0.15) is 17.7 Å². The number of nitrogens with zero attached hydrogens (tertiary/aromatic N) is 2. The summed E-state index contributed by atoms with van der Waals surface area (Å²) in [6, 6.07) is 7.18. The number of aliphatic hydroxyl groups excluding tert-OH is 1.